The van der Waals surface area contributed by atoms with Crippen molar-refractivity contribution in [3.63, 3.8) is 0 Å². The van der Waals surface area contributed by atoms with Crippen LogP contribution in [0.3, 0.4) is 0 Å². The van der Waals surface area contributed by atoms with Gasteiger partial charge in [0.15, 0.2) is 5.69 Å². The minimum Gasteiger partial charge on any atom is -0.349 e. The molecule has 1 aromatic rings. The van der Waals surface area contributed by atoms with Gasteiger partial charge in [0.25, 0.3) is 5.91 Å². The van der Waals surface area contributed by atoms with Gasteiger partial charge in [0.1, 0.15) is 5.67 Å². The molecule has 4 nitrogen and oxygen atoms in total. The maximum Gasteiger partial charge on any atom is 0.433 e. The second-order valence-corrected chi connectivity index (χ2v) is 9.61. The predicted octanol–water partition coefficient (Wildman–Crippen LogP) is 4.30. The van der Waals surface area contributed by atoms with E-state index in [0.29, 0.717) is 25.2 Å². The van der Waals surface area contributed by atoms with Crippen molar-refractivity contribution in [3.05, 3.63) is 17.5 Å². The number of carbonyl (C=O) groups is 1. The zero-order valence-electron chi connectivity index (χ0n) is 15.7. The second-order valence-electron chi connectivity index (χ2n) is 9.61. The van der Waals surface area contributed by atoms with Gasteiger partial charge in [0, 0.05) is 6.04 Å². The number of nitrogens with zero attached hydrogens (tertiary/aromatic N) is 2. The first-order valence-corrected chi connectivity index (χ1v) is 9.53. The molecule has 1 amide bonds. The third kappa shape index (κ3) is 3.14. The van der Waals surface area contributed by atoms with Gasteiger partial charge in [0.05, 0.1) is 17.3 Å². The Labute approximate surface area is 155 Å². The van der Waals surface area contributed by atoms with E-state index in [0.717, 1.165) is 23.7 Å². The topological polar surface area (TPSA) is 46.9 Å². The van der Waals surface area contributed by atoms with E-state index in [1.165, 1.54) is 0 Å². The molecular formula is C19H25F4N3O. The Balaban J connectivity index is 1.60. The molecule has 27 heavy (non-hydrogen) atoms. The molecular weight excluding hydrogens is 362 g/mol. The van der Waals surface area contributed by atoms with Crippen LogP contribution in [0.4, 0.5) is 17.6 Å². The van der Waals surface area contributed by atoms with Gasteiger partial charge in [-0.15, -0.1) is 0 Å². The maximum absolute atomic E-state index is 14.8. The third-order valence-corrected chi connectivity index (χ3v) is 6.41. The number of nitrogens with one attached hydrogen (secondary N) is 1. The minimum atomic E-state index is -4.69. The summed E-state index contributed by atoms with van der Waals surface area (Å²) in [6.45, 7) is 4.82. The fourth-order valence-electron chi connectivity index (χ4n) is 5.69. The van der Waals surface area contributed by atoms with Gasteiger partial charge in [-0.25, -0.2) is 4.39 Å². The molecule has 5 rings (SSSR count). The molecule has 1 aromatic heterocycles. The molecule has 0 saturated heterocycles. The van der Waals surface area contributed by atoms with E-state index in [1.807, 2.05) is 0 Å². The summed E-state index contributed by atoms with van der Waals surface area (Å²) >= 11 is 0. The Morgan fingerprint density at radius 1 is 1.19 bits per heavy atom. The number of rotatable bonds is 2. The number of hydrogen-bond donors (Lipinski definition) is 1. The van der Waals surface area contributed by atoms with Crippen molar-refractivity contribution in [2.24, 2.45) is 17.8 Å². The van der Waals surface area contributed by atoms with Crippen molar-refractivity contribution in [1.29, 1.82) is 0 Å². The Hall–Kier alpha value is -1.60. The first-order chi connectivity index (χ1) is 12.4. The molecule has 4 saturated carbocycles. The van der Waals surface area contributed by atoms with Crippen LogP contribution in [0.5, 0.6) is 0 Å². The summed E-state index contributed by atoms with van der Waals surface area (Å²) in [7, 11) is 0. The zero-order valence-corrected chi connectivity index (χ0v) is 15.7. The molecule has 0 radical (unpaired) electrons. The molecule has 4 fully saturated rings. The van der Waals surface area contributed by atoms with E-state index in [4.69, 9.17) is 0 Å². The van der Waals surface area contributed by atoms with Gasteiger partial charge in [-0.05, 0) is 70.6 Å². The number of halogens is 4. The fraction of sp³-hybridized carbons (Fsp3) is 0.789. The van der Waals surface area contributed by atoms with E-state index in [9.17, 15) is 22.4 Å². The average molecular weight is 387 g/mol. The molecule has 4 aliphatic carbocycles. The molecule has 0 spiro atoms. The zero-order chi connectivity index (χ0) is 19.8. The van der Waals surface area contributed by atoms with Crippen molar-refractivity contribution in [2.75, 3.05) is 0 Å². The highest BCUT2D eigenvalue weighted by atomic mass is 19.4. The highest BCUT2D eigenvalue weighted by Crippen LogP contribution is 2.57. The average Bonchev–Trinajstić information content (AvgIpc) is 2.94. The summed E-state index contributed by atoms with van der Waals surface area (Å²) in [4.78, 5) is 12.8. The van der Waals surface area contributed by atoms with Crippen molar-refractivity contribution >= 4 is 5.91 Å². The first-order valence-electron chi connectivity index (χ1n) is 9.53. The summed E-state index contributed by atoms with van der Waals surface area (Å²) in [5.74, 6) is -0.396. The minimum absolute atomic E-state index is 0.0113. The van der Waals surface area contributed by atoms with Gasteiger partial charge in [-0.3, -0.25) is 9.48 Å². The Morgan fingerprint density at radius 3 is 2.26 bits per heavy atom. The number of aromatic nitrogens is 2. The number of alkyl halides is 4. The van der Waals surface area contributed by atoms with Gasteiger partial charge >= 0.3 is 6.18 Å². The molecule has 0 aromatic carbocycles. The van der Waals surface area contributed by atoms with E-state index < -0.39 is 34.5 Å². The summed E-state index contributed by atoms with van der Waals surface area (Å²) in [5, 5.41) is 6.66. The fourth-order valence-corrected chi connectivity index (χ4v) is 5.69. The van der Waals surface area contributed by atoms with Crippen molar-refractivity contribution in [3.8, 4) is 0 Å². The molecule has 4 aliphatic rings. The van der Waals surface area contributed by atoms with Crippen LogP contribution in [0.2, 0.25) is 0 Å². The summed E-state index contributed by atoms with van der Waals surface area (Å²) in [6, 6.07) is -0.253. The number of hydrogen-bond acceptors (Lipinski definition) is 2. The third-order valence-electron chi connectivity index (χ3n) is 6.41. The van der Waals surface area contributed by atoms with Gasteiger partial charge in [-0.1, -0.05) is 0 Å². The first kappa shape index (κ1) is 18.7. The Bertz CT molecular complexity index is 748. The van der Waals surface area contributed by atoms with E-state index >= 15 is 0 Å². The van der Waals surface area contributed by atoms with E-state index in [2.05, 4.69) is 10.4 Å². The SMILES string of the molecule is CC(C)(C)n1ncc(C(=O)N[C@H]2C3CC4CC2C[C@](F)(C4)C3)c1C(F)(F)F. The molecule has 1 heterocycles. The standard InChI is InChI=1S/C19H25F4N3O/c1-17(2,3)26-15(19(21,22)23)13(9-24-26)16(27)25-14-11-4-10-5-12(14)8-18(20,6-10)7-11/h9-12,14H,4-8H2,1-3H3,(H,25,27)/t10?,11?,12?,14-,18-. The highest BCUT2D eigenvalue weighted by Gasteiger charge is 2.56. The smallest absolute Gasteiger partial charge is 0.349 e. The number of amides is 1. The predicted molar refractivity (Wildman–Crippen MR) is 90.9 cm³/mol. The Kier molecular flexibility index (Phi) is 3.96. The molecule has 0 aliphatic heterocycles. The quantitative estimate of drug-likeness (QED) is 0.769. The van der Waals surface area contributed by atoms with E-state index in [1.54, 1.807) is 20.8 Å². The second kappa shape index (κ2) is 5.70. The lowest BCUT2D eigenvalue weighted by Gasteiger charge is -2.56. The van der Waals surface area contributed by atoms with Gasteiger partial charge < -0.3 is 5.32 Å². The molecule has 2 atom stereocenters. The summed E-state index contributed by atoms with van der Waals surface area (Å²) in [6.07, 6.45) is -0.603. The normalized spacial score (nSPS) is 35.5. The lowest BCUT2D eigenvalue weighted by Crippen LogP contribution is -2.60. The lowest BCUT2D eigenvalue weighted by molar-refractivity contribution is -0.146. The van der Waals surface area contributed by atoms with Crippen LogP contribution >= 0.6 is 0 Å². The maximum atomic E-state index is 14.8. The van der Waals surface area contributed by atoms with Crippen molar-refractivity contribution in [1.82, 2.24) is 15.1 Å². The lowest BCUT2D eigenvalue weighted by atomic mass is 9.53. The van der Waals surface area contributed by atoms with Crippen LogP contribution in [0, 0.1) is 17.8 Å². The molecule has 2 unspecified atom stereocenters. The van der Waals surface area contributed by atoms with E-state index in [-0.39, 0.29) is 17.9 Å². The Morgan fingerprint density at radius 2 is 1.78 bits per heavy atom. The van der Waals surface area contributed by atoms with Crippen LogP contribution in [0.25, 0.3) is 0 Å². The van der Waals surface area contributed by atoms with Gasteiger partial charge in [0.2, 0.25) is 0 Å². The molecule has 1 N–H and O–H groups in total. The molecule has 4 bridgehead atoms. The summed E-state index contributed by atoms with van der Waals surface area (Å²) in [5.41, 5.74) is -3.54. The van der Waals surface area contributed by atoms with Crippen LogP contribution in [0.15, 0.2) is 6.20 Å². The van der Waals surface area contributed by atoms with Crippen molar-refractivity contribution < 1.29 is 22.4 Å². The molecule has 8 heteroatoms. The largest absolute Gasteiger partial charge is 0.433 e. The number of carbonyl (C=O) groups excluding carboxylic acids is 1. The van der Waals surface area contributed by atoms with Crippen LogP contribution in [-0.4, -0.2) is 27.4 Å². The molecule has 150 valence electrons. The monoisotopic (exact) mass is 387 g/mol. The highest BCUT2D eigenvalue weighted by molar-refractivity contribution is 5.95. The van der Waals surface area contributed by atoms with Crippen molar-refractivity contribution in [2.45, 2.75) is 76.3 Å². The van der Waals surface area contributed by atoms with Crippen LogP contribution < -0.4 is 5.32 Å². The van der Waals surface area contributed by atoms with Crippen LogP contribution in [0.1, 0.15) is 68.9 Å². The summed E-state index contributed by atoms with van der Waals surface area (Å²) < 4.78 is 56.6. The van der Waals surface area contributed by atoms with Gasteiger partial charge in [-0.2, -0.15) is 18.3 Å². The van der Waals surface area contributed by atoms with Crippen LogP contribution in [-0.2, 0) is 11.7 Å².